The number of aromatic nitrogens is 2. The Morgan fingerprint density at radius 3 is 2.79 bits per heavy atom. The first-order valence-corrected chi connectivity index (χ1v) is 7.90. The van der Waals surface area contributed by atoms with Crippen LogP contribution in [0.1, 0.15) is 63.1 Å². The number of rotatable bonds is 5. The molecule has 3 rings (SSSR count). The van der Waals surface area contributed by atoms with Gasteiger partial charge in [0.1, 0.15) is 12.1 Å². The van der Waals surface area contributed by atoms with Crippen LogP contribution in [0.3, 0.4) is 0 Å². The van der Waals surface area contributed by atoms with Gasteiger partial charge in [-0.3, -0.25) is 0 Å². The van der Waals surface area contributed by atoms with Crippen LogP contribution >= 0.6 is 0 Å². The van der Waals surface area contributed by atoms with Crippen molar-refractivity contribution in [1.29, 1.82) is 0 Å². The van der Waals surface area contributed by atoms with Crippen molar-refractivity contribution in [1.82, 2.24) is 9.97 Å². The molecular weight excluding hydrogens is 234 g/mol. The Bertz CT molecular complexity index is 438. The Labute approximate surface area is 116 Å². The predicted octanol–water partition coefficient (Wildman–Crippen LogP) is 3.74. The highest BCUT2D eigenvalue weighted by atomic mass is 15.0. The van der Waals surface area contributed by atoms with Crippen LogP contribution < -0.4 is 5.32 Å². The van der Waals surface area contributed by atoms with E-state index in [1.54, 1.807) is 6.33 Å². The average Bonchev–Trinajstić information content (AvgIpc) is 3.20. The van der Waals surface area contributed by atoms with Crippen molar-refractivity contribution in [3.8, 4) is 0 Å². The lowest BCUT2D eigenvalue weighted by Crippen LogP contribution is -2.17. The highest BCUT2D eigenvalue weighted by Gasteiger charge is 2.41. The Hall–Kier alpha value is -1.12. The maximum atomic E-state index is 4.50. The first-order valence-electron chi connectivity index (χ1n) is 7.90. The van der Waals surface area contributed by atoms with E-state index in [1.807, 2.05) is 0 Å². The third-order valence-corrected chi connectivity index (χ3v) is 4.74. The van der Waals surface area contributed by atoms with Gasteiger partial charge in [0.2, 0.25) is 0 Å². The topological polar surface area (TPSA) is 37.8 Å². The molecule has 1 saturated carbocycles. The lowest BCUT2D eigenvalue weighted by Gasteiger charge is -2.18. The molecule has 0 amide bonds. The summed E-state index contributed by atoms with van der Waals surface area (Å²) in [6.07, 6.45) is 13.4. The lowest BCUT2D eigenvalue weighted by atomic mass is 10.0. The van der Waals surface area contributed by atoms with Gasteiger partial charge < -0.3 is 5.32 Å². The summed E-state index contributed by atoms with van der Waals surface area (Å²) >= 11 is 0. The summed E-state index contributed by atoms with van der Waals surface area (Å²) in [5, 5.41) is 3.64. The predicted molar refractivity (Wildman–Crippen MR) is 78.4 cm³/mol. The largest absolute Gasteiger partial charge is 0.369 e. The van der Waals surface area contributed by atoms with Gasteiger partial charge in [0.25, 0.3) is 0 Å². The summed E-state index contributed by atoms with van der Waals surface area (Å²) in [6.45, 7) is 3.39. The van der Waals surface area contributed by atoms with E-state index in [9.17, 15) is 0 Å². The zero-order valence-electron chi connectivity index (χ0n) is 12.0. The van der Waals surface area contributed by atoms with Crippen LogP contribution in [-0.2, 0) is 12.8 Å². The van der Waals surface area contributed by atoms with E-state index in [0.717, 1.165) is 25.2 Å². The Kier molecular flexibility index (Phi) is 3.72. The molecule has 3 nitrogen and oxygen atoms in total. The number of nitrogens with zero attached hydrogens (tertiary/aromatic N) is 2. The summed E-state index contributed by atoms with van der Waals surface area (Å²) in [5.74, 6) is 1.12. The Morgan fingerprint density at radius 1 is 1.16 bits per heavy atom. The molecule has 1 aromatic heterocycles. The summed E-state index contributed by atoms with van der Waals surface area (Å²) in [6, 6.07) is 0. The summed E-state index contributed by atoms with van der Waals surface area (Å²) < 4.78 is 0. The zero-order valence-corrected chi connectivity index (χ0v) is 12.0. The number of anilines is 1. The van der Waals surface area contributed by atoms with Gasteiger partial charge in [-0.05, 0) is 50.4 Å². The van der Waals surface area contributed by atoms with Crippen LogP contribution in [0.4, 0.5) is 5.82 Å². The second-order valence-corrected chi connectivity index (χ2v) is 6.31. The molecular formula is C16H25N3. The van der Waals surface area contributed by atoms with Crippen molar-refractivity contribution < 1.29 is 0 Å². The number of nitrogens with one attached hydrogen (secondary N) is 1. The molecule has 19 heavy (non-hydrogen) atoms. The normalized spacial score (nSPS) is 20.5. The molecule has 0 bridgehead atoms. The third-order valence-electron chi connectivity index (χ3n) is 4.74. The summed E-state index contributed by atoms with van der Waals surface area (Å²) in [4.78, 5) is 8.99. The molecule has 0 unspecified atom stereocenters. The van der Waals surface area contributed by atoms with E-state index in [4.69, 9.17) is 0 Å². The molecule has 2 aliphatic carbocycles. The van der Waals surface area contributed by atoms with E-state index >= 15 is 0 Å². The highest BCUT2D eigenvalue weighted by Crippen LogP contribution is 2.49. The van der Waals surface area contributed by atoms with Crippen molar-refractivity contribution >= 4 is 5.82 Å². The van der Waals surface area contributed by atoms with Gasteiger partial charge in [0, 0.05) is 17.8 Å². The molecule has 1 heterocycles. The first kappa shape index (κ1) is 12.9. The molecule has 0 spiro atoms. The minimum atomic E-state index is 0.581. The maximum absolute atomic E-state index is 4.50. The molecule has 1 N–H and O–H groups in total. The minimum Gasteiger partial charge on any atom is -0.369 e. The van der Waals surface area contributed by atoms with Crippen molar-refractivity contribution in [3.05, 3.63) is 17.6 Å². The molecule has 3 heteroatoms. The quantitative estimate of drug-likeness (QED) is 0.819. The Balaban J connectivity index is 1.71. The van der Waals surface area contributed by atoms with Crippen LogP contribution in [0, 0.1) is 5.41 Å². The average molecular weight is 259 g/mol. The van der Waals surface area contributed by atoms with Crippen molar-refractivity contribution in [2.24, 2.45) is 5.41 Å². The number of hydrogen-bond acceptors (Lipinski definition) is 3. The van der Waals surface area contributed by atoms with Gasteiger partial charge in [-0.1, -0.05) is 19.8 Å². The zero-order chi connectivity index (χ0) is 13.1. The van der Waals surface area contributed by atoms with Crippen molar-refractivity contribution in [2.45, 2.75) is 64.7 Å². The molecule has 0 atom stereocenters. The SMILES string of the molecule is CCCC1(CNc2ncnc3c2CCCCC3)CC1. The van der Waals surface area contributed by atoms with E-state index in [1.165, 1.54) is 56.2 Å². The monoisotopic (exact) mass is 259 g/mol. The fourth-order valence-corrected chi connectivity index (χ4v) is 3.34. The van der Waals surface area contributed by atoms with Gasteiger partial charge in [-0.15, -0.1) is 0 Å². The van der Waals surface area contributed by atoms with E-state index in [-0.39, 0.29) is 0 Å². The van der Waals surface area contributed by atoms with Crippen LogP contribution in [0.5, 0.6) is 0 Å². The minimum absolute atomic E-state index is 0.581. The molecule has 1 aromatic rings. The molecule has 0 aromatic carbocycles. The van der Waals surface area contributed by atoms with Crippen LogP contribution in [-0.4, -0.2) is 16.5 Å². The number of aryl methyl sites for hydroxylation is 1. The summed E-state index contributed by atoms with van der Waals surface area (Å²) in [5.41, 5.74) is 3.26. The van der Waals surface area contributed by atoms with Gasteiger partial charge in [0.15, 0.2) is 0 Å². The van der Waals surface area contributed by atoms with Gasteiger partial charge in [-0.25, -0.2) is 9.97 Å². The van der Waals surface area contributed by atoms with Crippen molar-refractivity contribution in [3.63, 3.8) is 0 Å². The summed E-state index contributed by atoms with van der Waals surface area (Å²) in [7, 11) is 0. The second-order valence-electron chi connectivity index (χ2n) is 6.31. The van der Waals surface area contributed by atoms with E-state index in [2.05, 4.69) is 22.2 Å². The molecule has 0 aliphatic heterocycles. The molecule has 2 aliphatic rings. The van der Waals surface area contributed by atoms with E-state index < -0.39 is 0 Å². The molecule has 0 radical (unpaired) electrons. The lowest BCUT2D eigenvalue weighted by molar-refractivity contribution is 0.485. The molecule has 104 valence electrons. The highest BCUT2D eigenvalue weighted by molar-refractivity contribution is 5.47. The second kappa shape index (κ2) is 5.48. The number of hydrogen-bond donors (Lipinski definition) is 1. The van der Waals surface area contributed by atoms with Gasteiger partial charge in [-0.2, -0.15) is 0 Å². The smallest absolute Gasteiger partial charge is 0.132 e. The standard InChI is InChI=1S/C16H25N3/c1-2-8-16(9-10-16)11-17-15-13-6-4-3-5-7-14(13)18-12-19-15/h12H,2-11H2,1H3,(H,17,18,19). The van der Waals surface area contributed by atoms with Crippen LogP contribution in [0.25, 0.3) is 0 Å². The fraction of sp³-hybridized carbons (Fsp3) is 0.750. The van der Waals surface area contributed by atoms with Crippen LogP contribution in [0.15, 0.2) is 6.33 Å². The van der Waals surface area contributed by atoms with Crippen molar-refractivity contribution in [2.75, 3.05) is 11.9 Å². The molecule has 0 saturated heterocycles. The van der Waals surface area contributed by atoms with E-state index in [0.29, 0.717) is 5.41 Å². The Morgan fingerprint density at radius 2 is 2.00 bits per heavy atom. The number of fused-ring (bicyclic) bond motifs is 1. The fourth-order valence-electron chi connectivity index (χ4n) is 3.34. The van der Waals surface area contributed by atoms with Crippen LogP contribution in [0.2, 0.25) is 0 Å². The molecule has 1 fully saturated rings. The van der Waals surface area contributed by atoms with Gasteiger partial charge in [0.05, 0.1) is 0 Å². The van der Waals surface area contributed by atoms with Gasteiger partial charge >= 0.3 is 0 Å². The maximum Gasteiger partial charge on any atom is 0.132 e. The third kappa shape index (κ3) is 2.90. The first-order chi connectivity index (χ1) is 9.33.